The standard InChI is InChI=1S/C23H20/c1-19-7-9-21(10-8-19)13-14-23-17-15-22(16-18-23)12-11-20-5-3-2-4-6-20/h2-18H,1H3. The lowest BCUT2D eigenvalue weighted by atomic mass is 10.1. The maximum Gasteiger partial charge on any atom is -0.0256 e. The first kappa shape index (κ1) is 15.1. The summed E-state index contributed by atoms with van der Waals surface area (Å²) in [6, 6.07) is 27.5. The summed E-state index contributed by atoms with van der Waals surface area (Å²) in [7, 11) is 0. The Morgan fingerprint density at radius 1 is 0.435 bits per heavy atom. The van der Waals surface area contributed by atoms with E-state index in [1.165, 1.54) is 27.8 Å². The highest BCUT2D eigenvalue weighted by atomic mass is 14.0. The van der Waals surface area contributed by atoms with Crippen molar-refractivity contribution in [2.45, 2.75) is 6.92 Å². The third kappa shape index (κ3) is 4.55. The molecule has 0 radical (unpaired) electrons. The molecule has 3 aromatic rings. The molecule has 0 aliphatic heterocycles. The zero-order valence-electron chi connectivity index (χ0n) is 13.3. The van der Waals surface area contributed by atoms with Gasteiger partial charge in [-0.1, -0.05) is 109 Å². The molecule has 0 heterocycles. The van der Waals surface area contributed by atoms with Gasteiger partial charge >= 0.3 is 0 Å². The predicted octanol–water partition coefficient (Wildman–Crippen LogP) is 6.34. The van der Waals surface area contributed by atoms with Crippen molar-refractivity contribution in [2.24, 2.45) is 0 Å². The first-order chi connectivity index (χ1) is 11.3. The minimum atomic E-state index is 1.21. The van der Waals surface area contributed by atoms with Crippen molar-refractivity contribution >= 4 is 24.3 Å². The molecule has 0 bridgehead atoms. The summed E-state index contributed by atoms with van der Waals surface area (Å²) < 4.78 is 0. The molecule has 0 saturated carbocycles. The van der Waals surface area contributed by atoms with E-state index in [0.717, 1.165) is 0 Å². The molecule has 23 heavy (non-hydrogen) atoms. The molecule has 112 valence electrons. The van der Waals surface area contributed by atoms with Gasteiger partial charge in [0.15, 0.2) is 0 Å². The van der Waals surface area contributed by atoms with Crippen LogP contribution >= 0.6 is 0 Å². The number of aryl methyl sites for hydroxylation is 1. The third-order valence-electron chi connectivity index (χ3n) is 3.75. The van der Waals surface area contributed by atoms with Crippen LogP contribution in [-0.2, 0) is 0 Å². The van der Waals surface area contributed by atoms with Crippen LogP contribution < -0.4 is 0 Å². The molecule has 0 saturated heterocycles. The van der Waals surface area contributed by atoms with Crippen molar-refractivity contribution in [3.63, 3.8) is 0 Å². The zero-order chi connectivity index (χ0) is 15.9. The normalized spacial score (nSPS) is 11.3. The van der Waals surface area contributed by atoms with Crippen LogP contribution in [0, 0.1) is 6.92 Å². The van der Waals surface area contributed by atoms with Crippen LogP contribution in [0.25, 0.3) is 24.3 Å². The number of rotatable bonds is 4. The van der Waals surface area contributed by atoms with Crippen molar-refractivity contribution in [1.29, 1.82) is 0 Å². The molecular weight excluding hydrogens is 276 g/mol. The van der Waals surface area contributed by atoms with Gasteiger partial charge < -0.3 is 0 Å². The van der Waals surface area contributed by atoms with Crippen LogP contribution in [-0.4, -0.2) is 0 Å². The Morgan fingerprint density at radius 2 is 0.783 bits per heavy atom. The van der Waals surface area contributed by atoms with E-state index in [0.29, 0.717) is 0 Å². The van der Waals surface area contributed by atoms with E-state index in [1.54, 1.807) is 0 Å². The van der Waals surface area contributed by atoms with Crippen molar-refractivity contribution < 1.29 is 0 Å². The van der Waals surface area contributed by atoms with Crippen LogP contribution in [0.2, 0.25) is 0 Å². The summed E-state index contributed by atoms with van der Waals surface area (Å²) in [6.45, 7) is 2.11. The Morgan fingerprint density at radius 3 is 1.22 bits per heavy atom. The van der Waals surface area contributed by atoms with Crippen LogP contribution in [0.3, 0.4) is 0 Å². The molecule has 0 fully saturated rings. The average Bonchev–Trinajstić information content (AvgIpc) is 2.61. The van der Waals surface area contributed by atoms with Gasteiger partial charge in [0.2, 0.25) is 0 Å². The summed E-state index contributed by atoms with van der Waals surface area (Å²) in [5.41, 5.74) is 6.15. The maximum atomic E-state index is 2.15. The van der Waals surface area contributed by atoms with Gasteiger partial charge in [0.05, 0.1) is 0 Å². The molecule has 0 aromatic heterocycles. The van der Waals surface area contributed by atoms with Gasteiger partial charge in [0.25, 0.3) is 0 Å². The molecule has 0 unspecified atom stereocenters. The molecule has 0 nitrogen and oxygen atoms in total. The van der Waals surface area contributed by atoms with E-state index in [4.69, 9.17) is 0 Å². The smallest absolute Gasteiger partial charge is 0.0256 e. The van der Waals surface area contributed by atoms with E-state index in [1.807, 2.05) is 6.07 Å². The third-order valence-corrected chi connectivity index (χ3v) is 3.75. The van der Waals surface area contributed by atoms with E-state index in [-0.39, 0.29) is 0 Å². The van der Waals surface area contributed by atoms with Crippen molar-refractivity contribution in [3.8, 4) is 0 Å². The fraction of sp³-hybridized carbons (Fsp3) is 0.0435. The highest BCUT2D eigenvalue weighted by Crippen LogP contribution is 2.13. The van der Waals surface area contributed by atoms with Gasteiger partial charge in [-0.2, -0.15) is 0 Å². The highest BCUT2D eigenvalue weighted by Gasteiger charge is 1.91. The van der Waals surface area contributed by atoms with E-state index in [2.05, 4.69) is 104 Å². The maximum absolute atomic E-state index is 2.15. The van der Waals surface area contributed by atoms with E-state index < -0.39 is 0 Å². The zero-order valence-corrected chi connectivity index (χ0v) is 13.3. The average molecular weight is 296 g/mol. The lowest BCUT2D eigenvalue weighted by molar-refractivity contribution is 1.46. The predicted molar refractivity (Wildman–Crippen MR) is 102 cm³/mol. The largest absolute Gasteiger partial charge is 0.0622 e. The summed E-state index contributed by atoms with van der Waals surface area (Å²) in [6.07, 6.45) is 8.57. The second-order valence-corrected chi connectivity index (χ2v) is 5.65. The van der Waals surface area contributed by atoms with Crippen molar-refractivity contribution in [2.75, 3.05) is 0 Å². The molecule has 0 N–H and O–H groups in total. The molecule has 0 aliphatic rings. The van der Waals surface area contributed by atoms with Crippen LogP contribution in [0.15, 0.2) is 78.9 Å². The van der Waals surface area contributed by atoms with Crippen LogP contribution in [0.1, 0.15) is 27.8 Å². The number of hydrogen-bond acceptors (Lipinski definition) is 0. The lowest BCUT2D eigenvalue weighted by Crippen LogP contribution is -1.76. The summed E-state index contributed by atoms with van der Waals surface area (Å²) in [5.74, 6) is 0. The van der Waals surface area contributed by atoms with Gasteiger partial charge in [0, 0.05) is 0 Å². The quantitative estimate of drug-likeness (QED) is 0.493. The second kappa shape index (κ2) is 7.42. The summed E-state index contributed by atoms with van der Waals surface area (Å²) >= 11 is 0. The Kier molecular flexibility index (Phi) is 4.85. The fourth-order valence-corrected chi connectivity index (χ4v) is 2.34. The Balaban J connectivity index is 1.67. The van der Waals surface area contributed by atoms with E-state index >= 15 is 0 Å². The topological polar surface area (TPSA) is 0 Å². The van der Waals surface area contributed by atoms with Crippen LogP contribution in [0.4, 0.5) is 0 Å². The fourth-order valence-electron chi connectivity index (χ4n) is 2.34. The Bertz CT molecular complexity index is 789. The van der Waals surface area contributed by atoms with Gasteiger partial charge in [-0.3, -0.25) is 0 Å². The van der Waals surface area contributed by atoms with Gasteiger partial charge in [-0.15, -0.1) is 0 Å². The number of hydrogen-bond donors (Lipinski definition) is 0. The van der Waals surface area contributed by atoms with Gasteiger partial charge in [-0.05, 0) is 29.2 Å². The van der Waals surface area contributed by atoms with Crippen molar-refractivity contribution in [1.82, 2.24) is 0 Å². The molecule has 0 aliphatic carbocycles. The van der Waals surface area contributed by atoms with Gasteiger partial charge in [0.1, 0.15) is 0 Å². The molecule has 3 rings (SSSR count). The molecule has 0 heteroatoms. The number of benzene rings is 3. The van der Waals surface area contributed by atoms with Gasteiger partial charge in [-0.25, -0.2) is 0 Å². The highest BCUT2D eigenvalue weighted by molar-refractivity contribution is 5.72. The van der Waals surface area contributed by atoms with Crippen LogP contribution in [0.5, 0.6) is 0 Å². The molecule has 0 atom stereocenters. The lowest BCUT2D eigenvalue weighted by Gasteiger charge is -1.98. The summed E-state index contributed by atoms with van der Waals surface area (Å²) in [4.78, 5) is 0. The van der Waals surface area contributed by atoms with Crippen molar-refractivity contribution in [3.05, 3.63) is 107 Å². The molecular formula is C23H20. The monoisotopic (exact) mass is 296 g/mol. The Hall–Kier alpha value is -2.86. The SMILES string of the molecule is Cc1ccc(C=Cc2ccc(C=Cc3ccccc3)cc2)cc1. The van der Waals surface area contributed by atoms with E-state index in [9.17, 15) is 0 Å². The minimum Gasteiger partial charge on any atom is -0.0622 e. The minimum absolute atomic E-state index is 1.21. The first-order valence-electron chi connectivity index (χ1n) is 7.87. The molecule has 3 aromatic carbocycles. The second-order valence-electron chi connectivity index (χ2n) is 5.65. The molecule has 0 amide bonds. The first-order valence-corrected chi connectivity index (χ1v) is 7.87. The Labute approximate surface area is 138 Å². The summed E-state index contributed by atoms with van der Waals surface area (Å²) in [5, 5.41) is 0. The molecule has 0 spiro atoms.